The van der Waals surface area contributed by atoms with Gasteiger partial charge in [0.1, 0.15) is 0 Å². The molecule has 37 heavy (non-hydrogen) atoms. The summed E-state index contributed by atoms with van der Waals surface area (Å²) in [5.74, 6) is 0. The van der Waals surface area contributed by atoms with E-state index in [1.165, 1.54) is 66.1 Å². The van der Waals surface area contributed by atoms with E-state index in [1.54, 1.807) is 0 Å². The Morgan fingerprint density at radius 3 is 1.41 bits per heavy atom. The van der Waals surface area contributed by atoms with Crippen LogP contribution in [0.15, 0.2) is 126 Å². The van der Waals surface area contributed by atoms with Crippen LogP contribution in [0.1, 0.15) is 27.8 Å². The molecule has 0 unspecified atom stereocenters. The zero-order chi connectivity index (χ0) is 24.8. The second kappa shape index (κ2) is 9.03. The molecule has 0 atom stereocenters. The van der Waals surface area contributed by atoms with Crippen molar-refractivity contribution in [2.24, 2.45) is 0 Å². The van der Waals surface area contributed by atoms with Gasteiger partial charge in [0, 0.05) is 4.47 Å². The van der Waals surface area contributed by atoms with Crippen molar-refractivity contribution in [3.8, 4) is 11.1 Å². The molecule has 6 aromatic rings. The third-order valence-electron chi connectivity index (χ3n) is 7.22. The molecule has 1 heteroatoms. The van der Waals surface area contributed by atoms with Gasteiger partial charge >= 0.3 is 0 Å². The topological polar surface area (TPSA) is 0 Å². The van der Waals surface area contributed by atoms with E-state index in [1.807, 2.05) is 0 Å². The maximum Gasteiger partial charge on any atom is 0.0181 e. The highest BCUT2D eigenvalue weighted by Gasteiger charge is 2.22. The lowest BCUT2D eigenvalue weighted by Crippen LogP contribution is -1.83. The Kier molecular flexibility index (Phi) is 5.38. The molecule has 7 rings (SSSR count). The Morgan fingerprint density at radius 2 is 0.838 bits per heavy atom. The highest BCUT2D eigenvalue weighted by atomic mass is 79.9. The van der Waals surface area contributed by atoms with Gasteiger partial charge < -0.3 is 0 Å². The van der Waals surface area contributed by atoms with Gasteiger partial charge in [-0.1, -0.05) is 119 Å². The molecule has 1 aliphatic rings. The Labute approximate surface area is 225 Å². The van der Waals surface area contributed by atoms with Crippen molar-refractivity contribution in [2.45, 2.75) is 0 Å². The summed E-state index contributed by atoms with van der Waals surface area (Å²) in [5, 5.41) is 4.99. The lowest BCUT2D eigenvalue weighted by atomic mass is 9.98. The third-order valence-corrected chi connectivity index (χ3v) is 7.71. The van der Waals surface area contributed by atoms with Crippen molar-refractivity contribution >= 4 is 61.3 Å². The summed E-state index contributed by atoms with van der Waals surface area (Å²) in [5.41, 5.74) is 10.2. The number of halogens is 1. The van der Waals surface area contributed by atoms with Crippen LogP contribution in [0, 0.1) is 0 Å². The van der Waals surface area contributed by atoms with Crippen LogP contribution >= 0.6 is 15.9 Å². The fourth-order valence-electron chi connectivity index (χ4n) is 5.38. The van der Waals surface area contributed by atoms with Crippen LogP contribution in [0.25, 0.3) is 56.5 Å². The number of fused-ring (bicyclic) bond motifs is 5. The normalized spacial score (nSPS) is 12.3. The van der Waals surface area contributed by atoms with Gasteiger partial charge in [0.05, 0.1) is 0 Å². The summed E-state index contributed by atoms with van der Waals surface area (Å²) in [6.07, 6.45) is 6.72. The van der Waals surface area contributed by atoms with Crippen LogP contribution in [0.5, 0.6) is 0 Å². The Morgan fingerprint density at radius 1 is 0.405 bits per heavy atom. The zero-order valence-electron chi connectivity index (χ0n) is 20.2. The lowest BCUT2D eigenvalue weighted by molar-refractivity contribution is 1.65. The molecular weight excluding hydrogens is 512 g/mol. The summed E-state index contributed by atoms with van der Waals surface area (Å²) in [6.45, 7) is 0. The average Bonchev–Trinajstić information content (AvgIpc) is 3.25. The predicted octanol–water partition coefficient (Wildman–Crippen LogP) is 10.5. The fraction of sp³-hybridized carbons (Fsp3) is 0. The van der Waals surface area contributed by atoms with Crippen LogP contribution in [0.4, 0.5) is 0 Å². The molecule has 0 radical (unpaired) electrons. The van der Waals surface area contributed by atoms with Gasteiger partial charge in [-0.15, -0.1) is 0 Å². The molecule has 0 spiro atoms. The summed E-state index contributed by atoms with van der Waals surface area (Å²) in [4.78, 5) is 0. The molecular formula is C36H23Br. The minimum absolute atomic E-state index is 1.11. The summed E-state index contributed by atoms with van der Waals surface area (Å²) >= 11 is 3.55. The Hall–Kier alpha value is -4.20. The standard InChI is InChI=1S/C36H23Br/c37-31-18-17-29-20-25(12-15-30(29)23-31)10-9-24-11-14-28-21-26(13-16-27(28)19-24)22-36-34-7-3-1-5-32(34)33-6-2-4-8-35(33)36/h1-23H/b10-9+. The first-order valence-electron chi connectivity index (χ1n) is 12.5. The quantitative estimate of drug-likeness (QED) is 0.198. The van der Waals surface area contributed by atoms with E-state index < -0.39 is 0 Å². The van der Waals surface area contributed by atoms with Crippen LogP contribution in [0.3, 0.4) is 0 Å². The highest BCUT2D eigenvalue weighted by Crippen LogP contribution is 2.44. The molecule has 0 heterocycles. The molecule has 0 bridgehead atoms. The van der Waals surface area contributed by atoms with Gasteiger partial charge in [0.2, 0.25) is 0 Å². The minimum atomic E-state index is 1.11. The molecule has 0 saturated carbocycles. The average molecular weight is 535 g/mol. The molecule has 6 aromatic carbocycles. The van der Waals surface area contributed by atoms with Crippen molar-refractivity contribution in [3.05, 3.63) is 154 Å². The SMILES string of the molecule is Brc1ccc2cc(/C=C/c3ccc4cc(C=C5c6ccccc6-c6ccccc65)ccc4c3)ccc2c1. The van der Waals surface area contributed by atoms with Crippen LogP contribution in [-0.4, -0.2) is 0 Å². The summed E-state index contributed by atoms with van der Waals surface area (Å²) in [7, 11) is 0. The predicted molar refractivity (Wildman–Crippen MR) is 163 cm³/mol. The number of rotatable bonds is 3. The van der Waals surface area contributed by atoms with E-state index in [4.69, 9.17) is 0 Å². The molecule has 0 aromatic heterocycles. The number of hydrogen-bond donors (Lipinski definition) is 0. The lowest BCUT2D eigenvalue weighted by Gasteiger charge is -2.06. The van der Waals surface area contributed by atoms with Crippen LogP contribution in [-0.2, 0) is 0 Å². The molecule has 0 nitrogen and oxygen atoms in total. The second-order valence-electron chi connectivity index (χ2n) is 9.60. The fourth-order valence-corrected chi connectivity index (χ4v) is 5.76. The number of hydrogen-bond acceptors (Lipinski definition) is 0. The highest BCUT2D eigenvalue weighted by molar-refractivity contribution is 9.10. The van der Waals surface area contributed by atoms with Crippen molar-refractivity contribution in [3.63, 3.8) is 0 Å². The van der Waals surface area contributed by atoms with Crippen molar-refractivity contribution < 1.29 is 0 Å². The molecule has 0 amide bonds. The third kappa shape index (κ3) is 4.12. The Balaban J connectivity index is 1.20. The van der Waals surface area contributed by atoms with Gasteiger partial charge in [0.15, 0.2) is 0 Å². The van der Waals surface area contributed by atoms with E-state index in [9.17, 15) is 0 Å². The first kappa shape index (κ1) is 22.0. The van der Waals surface area contributed by atoms with E-state index >= 15 is 0 Å². The summed E-state index contributed by atoms with van der Waals surface area (Å²) < 4.78 is 1.11. The van der Waals surface area contributed by atoms with Gasteiger partial charge in [-0.05, 0) is 102 Å². The van der Waals surface area contributed by atoms with Crippen molar-refractivity contribution in [1.29, 1.82) is 0 Å². The smallest absolute Gasteiger partial charge is 0.0181 e. The van der Waals surface area contributed by atoms with Crippen LogP contribution in [0.2, 0.25) is 0 Å². The molecule has 174 valence electrons. The monoisotopic (exact) mass is 534 g/mol. The molecule has 0 saturated heterocycles. The zero-order valence-corrected chi connectivity index (χ0v) is 21.7. The first-order valence-corrected chi connectivity index (χ1v) is 13.3. The first-order chi connectivity index (χ1) is 18.2. The summed E-state index contributed by atoms with van der Waals surface area (Å²) in [6, 6.07) is 43.9. The van der Waals surface area contributed by atoms with Gasteiger partial charge in [-0.2, -0.15) is 0 Å². The Bertz CT molecular complexity index is 1840. The van der Waals surface area contributed by atoms with E-state index in [2.05, 4.69) is 155 Å². The maximum atomic E-state index is 3.55. The largest absolute Gasteiger partial charge is 0.0616 e. The molecule has 0 N–H and O–H groups in total. The van der Waals surface area contributed by atoms with Gasteiger partial charge in [0.25, 0.3) is 0 Å². The van der Waals surface area contributed by atoms with Gasteiger partial charge in [-0.25, -0.2) is 0 Å². The van der Waals surface area contributed by atoms with Gasteiger partial charge in [-0.3, -0.25) is 0 Å². The molecule has 0 aliphatic heterocycles. The molecule has 0 fully saturated rings. The van der Waals surface area contributed by atoms with Crippen molar-refractivity contribution in [1.82, 2.24) is 0 Å². The number of benzene rings is 6. The second-order valence-corrected chi connectivity index (χ2v) is 10.5. The minimum Gasteiger partial charge on any atom is -0.0616 e. The van der Waals surface area contributed by atoms with Crippen LogP contribution < -0.4 is 0 Å². The van der Waals surface area contributed by atoms with E-state index in [0.29, 0.717) is 0 Å². The maximum absolute atomic E-state index is 3.55. The van der Waals surface area contributed by atoms with E-state index in [-0.39, 0.29) is 0 Å². The van der Waals surface area contributed by atoms with Crippen molar-refractivity contribution in [2.75, 3.05) is 0 Å². The van der Waals surface area contributed by atoms with E-state index in [0.717, 1.165) is 4.47 Å². The molecule has 1 aliphatic carbocycles.